The molecule has 2 aliphatic heterocycles. The van der Waals surface area contributed by atoms with Gasteiger partial charge in [0.05, 0.1) is 24.4 Å². The number of aromatic amines is 1. The smallest absolute Gasteiger partial charge is 0.255 e. The van der Waals surface area contributed by atoms with Gasteiger partial charge in [-0.3, -0.25) is 9.78 Å². The van der Waals surface area contributed by atoms with Gasteiger partial charge in [-0.1, -0.05) is 0 Å². The number of rotatable bonds is 2. The highest BCUT2D eigenvalue weighted by Gasteiger charge is 2.28. The van der Waals surface area contributed by atoms with E-state index >= 15 is 0 Å². The molecule has 10 heteroatoms. The maximum absolute atomic E-state index is 12.8. The monoisotopic (exact) mass is 410 g/mol. The number of ether oxygens (including phenoxy) is 1. The van der Waals surface area contributed by atoms with E-state index in [9.17, 15) is 4.79 Å². The minimum Gasteiger partial charge on any atom is -0.372 e. The lowest BCUT2D eigenvalue weighted by molar-refractivity contribution is -0.00575. The maximum Gasteiger partial charge on any atom is 0.255 e. The van der Waals surface area contributed by atoms with Crippen LogP contribution in [0.1, 0.15) is 36.4 Å². The van der Waals surface area contributed by atoms with Crippen LogP contribution in [0, 0.1) is 13.8 Å². The van der Waals surface area contributed by atoms with Crippen molar-refractivity contribution in [3.8, 4) is 0 Å². The summed E-state index contributed by atoms with van der Waals surface area (Å²) in [6.45, 7) is 10.8. The van der Waals surface area contributed by atoms with Gasteiger partial charge in [-0.15, -0.1) is 0 Å². The molecule has 5 rings (SSSR count). The number of aryl methyl sites for hydroxylation is 1. The fourth-order valence-corrected chi connectivity index (χ4v) is 4.49. The van der Waals surface area contributed by atoms with E-state index in [1.54, 1.807) is 4.52 Å². The van der Waals surface area contributed by atoms with Crippen LogP contribution in [0.25, 0.3) is 5.78 Å². The van der Waals surface area contributed by atoms with E-state index in [0.29, 0.717) is 44.3 Å². The third-order valence-corrected chi connectivity index (χ3v) is 5.96. The van der Waals surface area contributed by atoms with E-state index in [2.05, 4.69) is 29.9 Å². The Hall–Kier alpha value is -3.01. The number of H-pyrrole nitrogens is 1. The Kier molecular flexibility index (Phi) is 4.46. The van der Waals surface area contributed by atoms with Crippen LogP contribution in [0.15, 0.2) is 11.1 Å². The van der Waals surface area contributed by atoms with Gasteiger partial charge in [-0.25, -0.2) is 9.97 Å². The van der Waals surface area contributed by atoms with E-state index in [-0.39, 0.29) is 17.8 Å². The lowest BCUT2D eigenvalue weighted by atomic mass is 10.1. The molecule has 1 fully saturated rings. The number of aromatic nitrogens is 6. The summed E-state index contributed by atoms with van der Waals surface area (Å²) >= 11 is 0. The molecule has 3 aromatic rings. The van der Waals surface area contributed by atoms with Crippen molar-refractivity contribution in [1.29, 1.82) is 0 Å². The van der Waals surface area contributed by atoms with E-state index < -0.39 is 0 Å². The van der Waals surface area contributed by atoms with E-state index in [1.165, 1.54) is 6.33 Å². The Balaban J connectivity index is 1.53. The zero-order valence-electron chi connectivity index (χ0n) is 17.7. The molecule has 3 aromatic heterocycles. The first-order valence-corrected chi connectivity index (χ1v) is 10.3. The topological polar surface area (TPSA) is 105 Å². The SMILES string of the molecule is Cc1nc2ncnn2c(N2CCc3c(nc(N4C[C@@H](C)O[C@H](C)C4)[nH]c3=O)C2)c1C. The molecule has 2 aliphatic rings. The van der Waals surface area contributed by atoms with Crippen molar-refractivity contribution in [1.82, 2.24) is 29.5 Å². The second-order valence-electron chi connectivity index (χ2n) is 8.27. The van der Waals surface area contributed by atoms with Gasteiger partial charge in [-0.05, 0) is 34.1 Å². The first kappa shape index (κ1) is 19.0. The van der Waals surface area contributed by atoms with Gasteiger partial charge in [0.25, 0.3) is 11.3 Å². The summed E-state index contributed by atoms with van der Waals surface area (Å²) in [5, 5.41) is 4.37. The van der Waals surface area contributed by atoms with E-state index in [4.69, 9.17) is 9.72 Å². The molecule has 0 aliphatic carbocycles. The van der Waals surface area contributed by atoms with Crippen LogP contribution in [-0.2, 0) is 17.7 Å². The van der Waals surface area contributed by atoms with Gasteiger partial charge in [0.15, 0.2) is 0 Å². The summed E-state index contributed by atoms with van der Waals surface area (Å²) in [6, 6.07) is 0. The van der Waals surface area contributed by atoms with E-state index in [0.717, 1.165) is 28.3 Å². The normalized spacial score (nSPS) is 21.9. The summed E-state index contributed by atoms with van der Waals surface area (Å²) in [4.78, 5) is 33.8. The summed E-state index contributed by atoms with van der Waals surface area (Å²) in [5.74, 6) is 2.16. The molecule has 10 nitrogen and oxygen atoms in total. The predicted octanol–water partition coefficient (Wildman–Crippen LogP) is 1.00. The summed E-state index contributed by atoms with van der Waals surface area (Å²) in [6.07, 6.45) is 2.33. The summed E-state index contributed by atoms with van der Waals surface area (Å²) < 4.78 is 7.59. The lowest BCUT2D eigenvalue weighted by Gasteiger charge is -2.36. The molecule has 30 heavy (non-hydrogen) atoms. The van der Waals surface area contributed by atoms with Gasteiger partial charge >= 0.3 is 0 Å². The molecule has 5 heterocycles. The second-order valence-corrected chi connectivity index (χ2v) is 8.27. The zero-order chi connectivity index (χ0) is 21.0. The Morgan fingerprint density at radius 3 is 2.67 bits per heavy atom. The Bertz CT molecular complexity index is 1160. The minimum absolute atomic E-state index is 0.0463. The molecule has 2 atom stereocenters. The zero-order valence-corrected chi connectivity index (χ0v) is 17.7. The average molecular weight is 410 g/mol. The maximum atomic E-state index is 12.8. The standard InChI is InChI=1S/C20H26N8O2/c1-11-7-27(8-12(2)30-11)20-24-16-9-26(6-5-15(16)17(29)25-20)18-13(3)14(4)23-19-21-10-22-28(18)19/h10-12H,5-9H2,1-4H3,(H,24,25,29)/t11-,12-/m1/s1. The Morgan fingerprint density at radius 2 is 1.90 bits per heavy atom. The quantitative estimate of drug-likeness (QED) is 0.667. The number of nitrogens with zero attached hydrogens (tertiary/aromatic N) is 7. The predicted molar refractivity (Wildman–Crippen MR) is 112 cm³/mol. The molecule has 158 valence electrons. The first-order valence-electron chi connectivity index (χ1n) is 10.3. The molecule has 0 saturated carbocycles. The number of morpholine rings is 1. The second kappa shape index (κ2) is 7.05. The van der Waals surface area contributed by atoms with Gasteiger partial charge in [0.1, 0.15) is 12.1 Å². The molecular formula is C20H26N8O2. The average Bonchev–Trinajstić information content (AvgIpc) is 3.15. The molecule has 1 saturated heterocycles. The highest BCUT2D eigenvalue weighted by atomic mass is 16.5. The van der Waals surface area contributed by atoms with Crippen molar-refractivity contribution >= 4 is 17.5 Å². The van der Waals surface area contributed by atoms with Gasteiger partial charge in [0, 0.05) is 36.5 Å². The summed E-state index contributed by atoms with van der Waals surface area (Å²) in [7, 11) is 0. The Morgan fingerprint density at radius 1 is 1.13 bits per heavy atom. The van der Waals surface area contributed by atoms with Crippen molar-refractivity contribution in [2.45, 2.75) is 52.9 Å². The number of hydrogen-bond acceptors (Lipinski definition) is 8. The molecule has 0 spiro atoms. The van der Waals surface area contributed by atoms with Gasteiger partial charge in [-0.2, -0.15) is 14.6 Å². The van der Waals surface area contributed by atoms with Crippen LogP contribution in [0.2, 0.25) is 0 Å². The van der Waals surface area contributed by atoms with Gasteiger partial charge < -0.3 is 14.5 Å². The molecular weight excluding hydrogens is 384 g/mol. The summed E-state index contributed by atoms with van der Waals surface area (Å²) in [5.41, 5.74) is 3.51. The highest BCUT2D eigenvalue weighted by molar-refractivity contribution is 5.55. The fraction of sp³-hybridized carbons (Fsp3) is 0.550. The third kappa shape index (κ3) is 3.11. The number of hydrogen-bond donors (Lipinski definition) is 1. The number of nitrogens with one attached hydrogen (secondary N) is 1. The highest BCUT2D eigenvalue weighted by Crippen LogP contribution is 2.27. The molecule has 0 unspecified atom stereocenters. The van der Waals surface area contributed by atoms with Crippen molar-refractivity contribution in [3.63, 3.8) is 0 Å². The molecule has 0 radical (unpaired) electrons. The molecule has 0 aromatic carbocycles. The third-order valence-electron chi connectivity index (χ3n) is 5.96. The van der Waals surface area contributed by atoms with Crippen LogP contribution in [0.3, 0.4) is 0 Å². The largest absolute Gasteiger partial charge is 0.372 e. The van der Waals surface area contributed by atoms with Crippen LogP contribution < -0.4 is 15.4 Å². The van der Waals surface area contributed by atoms with Crippen molar-refractivity contribution in [3.05, 3.63) is 39.2 Å². The number of anilines is 2. The van der Waals surface area contributed by atoms with Gasteiger partial charge in [0.2, 0.25) is 5.95 Å². The van der Waals surface area contributed by atoms with Crippen molar-refractivity contribution in [2.24, 2.45) is 0 Å². The van der Waals surface area contributed by atoms with Crippen LogP contribution in [0.4, 0.5) is 11.8 Å². The van der Waals surface area contributed by atoms with E-state index in [1.807, 2.05) is 27.7 Å². The van der Waals surface area contributed by atoms with Crippen molar-refractivity contribution in [2.75, 3.05) is 29.4 Å². The molecule has 0 bridgehead atoms. The lowest BCUT2D eigenvalue weighted by Crippen LogP contribution is -2.47. The molecule has 0 amide bonds. The first-order chi connectivity index (χ1) is 14.4. The fourth-order valence-electron chi connectivity index (χ4n) is 4.49. The minimum atomic E-state index is -0.0463. The Labute approximate surface area is 173 Å². The van der Waals surface area contributed by atoms with Crippen LogP contribution in [-0.4, -0.2) is 61.4 Å². The number of fused-ring (bicyclic) bond motifs is 2. The molecule has 1 N–H and O–H groups in total. The van der Waals surface area contributed by atoms with Crippen molar-refractivity contribution < 1.29 is 4.74 Å². The van der Waals surface area contributed by atoms with Crippen LogP contribution >= 0.6 is 0 Å². The van der Waals surface area contributed by atoms with Crippen LogP contribution in [0.5, 0.6) is 0 Å².